The Labute approximate surface area is 214 Å². The van der Waals surface area contributed by atoms with Crippen LogP contribution in [-0.4, -0.2) is 88.2 Å². The third-order valence-corrected chi connectivity index (χ3v) is 7.06. The minimum Gasteiger partial charge on any atom is -0.389 e. The lowest BCUT2D eigenvalue weighted by Crippen LogP contribution is -2.42. The molecule has 2 aliphatic heterocycles. The van der Waals surface area contributed by atoms with Gasteiger partial charge in [0.1, 0.15) is 11.3 Å². The van der Waals surface area contributed by atoms with Gasteiger partial charge in [-0.2, -0.15) is 0 Å². The molecule has 5 rings (SSSR count). The third-order valence-electron chi connectivity index (χ3n) is 6.78. The zero-order valence-corrected chi connectivity index (χ0v) is 21.5. The van der Waals surface area contributed by atoms with Gasteiger partial charge in [0, 0.05) is 31.3 Å². The number of benzene rings is 1. The van der Waals surface area contributed by atoms with Crippen LogP contribution in [0.1, 0.15) is 38.1 Å². The number of hydrogen-bond acceptors (Lipinski definition) is 8. The number of rotatable bonds is 5. The zero-order valence-electron chi connectivity index (χ0n) is 20.7. The Morgan fingerprint density at radius 2 is 2.00 bits per heavy atom. The monoisotopic (exact) mass is 518 g/mol. The maximum Gasteiger partial charge on any atom is 0.223 e. The molecule has 0 radical (unpaired) electrons. The number of aromatic nitrogens is 4. The van der Waals surface area contributed by atoms with Crippen LogP contribution in [0.4, 0.5) is 10.3 Å². The SMILES string of the molecule is CC(C)n1c([C@H]2COCCN(C)C2)nc2c(F)cc(-c3nc(N[C@H]4CCOC[C@H]4O)ncc3Cl)cc21. The zero-order chi connectivity index (χ0) is 25.4. The minimum atomic E-state index is -0.666. The van der Waals surface area contributed by atoms with Crippen LogP contribution in [0.15, 0.2) is 18.3 Å². The maximum absolute atomic E-state index is 15.5. The second-order valence-electron chi connectivity index (χ2n) is 9.87. The molecule has 9 nitrogen and oxygen atoms in total. The van der Waals surface area contributed by atoms with Gasteiger partial charge in [-0.05, 0) is 39.4 Å². The van der Waals surface area contributed by atoms with Gasteiger partial charge in [0.05, 0.1) is 60.3 Å². The summed E-state index contributed by atoms with van der Waals surface area (Å²) in [7, 11) is 2.06. The summed E-state index contributed by atoms with van der Waals surface area (Å²) in [6, 6.07) is 3.12. The van der Waals surface area contributed by atoms with Gasteiger partial charge in [-0.3, -0.25) is 0 Å². The highest BCUT2D eigenvalue weighted by atomic mass is 35.5. The Kier molecular flexibility index (Phi) is 7.41. The highest BCUT2D eigenvalue weighted by Gasteiger charge is 2.28. The van der Waals surface area contributed by atoms with Gasteiger partial charge in [0.15, 0.2) is 5.82 Å². The highest BCUT2D eigenvalue weighted by Crippen LogP contribution is 2.34. The summed E-state index contributed by atoms with van der Waals surface area (Å²) in [6.45, 7) is 7.77. The van der Waals surface area contributed by atoms with Gasteiger partial charge in [-0.25, -0.2) is 19.3 Å². The molecule has 0 saturated carbocycles. The Bertz CT molecular complexity index is 1240. The van der Waals surface area contributed by atoms with Gasteiger partial charge in [-0.15, -0.1) is 0 Å². The van der Waals surface area contributed by atoms with Crippen molar-refractivity contribution in [2.75, 3.05) is 51.9 Å². The molecule has 2 saturated heterocycles. The topological polar surface area (TPSA) is 97.6 Å². The first kappa shape index (κ1) is 25.3. The van der Waals surface area contributed by atoms with Crippen molar-refractivity contribution >= 4 is 28.6 Å². The molecule has 0 amide bonds. The van der Waals surface area contributed by atoms with Crippen LogP contribution in [0.5, 0.6) is 0 Å². The molecule has 2 aromatic heterocycles. The number of halogens is 2. The van der Waals surface area contributed by atoms with E-state index < -0.39 is 11.9 Å². The summed E-state index contributed by atoms with van der Waals surface area (Å²) in [6.07, 6.45) is 1.45. The molecule has 4 heterocycles. The van der Waals surface area contributed by atoms with Crippen LogP contribution in [0.2, 0.25) is 5.02 Å². The Morgan fingerprint density at radius 1 is 1.19 bits per heavy atom. The predicted octanol–water partition coefficient (Wildman–Crippen LogP) is 3.47. The van der Waals surface area contributed by atoms with E-state index in [1.807, 2.05) is 6.07 Å². The van der Waals surface area contributed by atoms with E-state index in [9.17, 15) is 5.11 Å². The molecular weight excluding hydrogens is 487 g/mol. The van der Waals surface area contributed by atoms with E-state index in [4.69, 9.17) is 26.1 Å². The summed E-state index contributed by atoms with van der Waals surface area (Å²) < 4.78 is 28.7. The van der Waals surface area contributed by atoms with Gasteiger partial charge in [0.2, 0.25) is 5.95 Å². The lowest BCUT2D eigenvalue weighted by atomic mass is 10.1. The van der Waals surface area contributed by atoms with Crippen LogP contribution in [-0.2, 0) is 9.47 Å². The van der Waals surface area contributed by atoms with E-state index in [1.165, 1.54) is 12.3 Å². The first-order chi connectivity index (χ1) is 17.3. The normalized spacial score (nSPS) is 23.8. The number of imidazole rings is 1. The number of ether oxygens (including phenoxy) is 2. The molecule has 1 aromatic carbocycles. The van der Waals surface area contributed by atoms with E-state index in [0.717, 1.165) is 18.9 Å². The molecule has 0 aliphatic carbocycles. The molecular formula is C25H32ClFN6O3. The summed E-state index contributed by atoms with van der Waals surface area (Å²) in [4.78, 5) is 15.8. The molecule has 0 spiro atoms. The molecule has 3 atom stereocenters. The summed E-state index contributed by atoms with van der Waals surface area (Å²) in [5.74, 6) is 0.724. The average Bonchev–Trinajstić information content (AvgIpc) is 3.11. The van der Waals surface area contributed by atoms with E-state index in [-0.39, 0.29) is 24.6 Å². The maximum atomic E-state index is 15.5. The molecule has 0 bridgehead atoms. The van der Waals surface area contributed by atoms with Crippen LogP contribution >= 0.6 is 11.6 Å². The van der Waals surface area contributed by atoms with Crippen LogP contribution in [0.3, 0.4) is 0 Å². The fraction of sp³-hybridized carbons (Fsp3) is 0.560. The van der Waals surface area contributed by atoms with Crippen LogP contribution in [0.25, 0.3) is 22.3 Å². The number of anilines is 1. The van der Waals surface area contributed by atoms with Crippen LogP contribution in [0, 0.1) is 5.82 Å². The fourth-order valence-corrected chi connectivity index (χ4v) is 5.16. The molecule has 0 unspecified atom stereocenters. The number of aliphatic hydroxyl groups excluding tert-OH is 1. The number of nitrogens with one attached hydrogen (secondary N) is 1. The van der Waals surface area contributed by atoms with Crippen molar-refractivity contribution in [3.63, 3.8) is 0 Å². The van der Waals surface area contributed by atoms with Crippen molar-refractivity contribution in [3.05, 3.63) is 35.0 Å². The van der Waals surface area contributed by atoms with Crippen LogP contribution < -0.4 is 5.32 Å². The van der Waals surface area contributed by atoms with Gasteiger partial charge >= 0.3 is 0 Å². The molecule has 36 heavy (non-hydrogen) atoms. The quantitative estimate of drug-likeness (QED) is 0.530. The van der Waals surface area contributed by atoms with E-state index >= 15 is 4.39 Å². The largest absolute Gasteiger partial charge is 0.389 e. The summed E-state index contributed by atoms with van der Waals surface area (Å²) >= 11 is 6.48. The Morgan fingerprint density at radius 3 is 2.78 bits per heavy atom. The molecule has 2 aliphatic rings. The standard InChI is InChI=1S/C25H32ClFN6O3/c1-14(2)33-20-9-15(8-18(27)23(20)30-24(33)16-11-32(3)5-7-36-12-16)22-17(26)10-28-25(31-22)29-19-4-6-35-13-21(19)34/h8-10,14,16,19,21,34H,4-7,11-13H2,1-3H3,(H,28,29,31)/t16-,19+,21-/m1/s1. The molecule has 2 fully saturated rings. The van der Waals surface area contributed by atoms with Crippen molar-refractivity contribution in [2.24, 2.45) is 0 Å². The average molecular weight is 519 g/mol. The number of hydrogen-bond donors (Lipinski definition) is 2. The van der Waals surface area contributed by atoms with E-state index in [1.54, 1.807) is 0 Å². The minimum absolute atomic E-state index is 0.0273. The first-order valence-electron chi connectivity index (χ1n) is 12.3. The number of likely N-dealkylation sites (N-methyl/N-ethyl adjacent to an activating group) is 1. The lowest BCUT2D eigenvalue weighted by molar-refractivity contribution is -0.0136. The van der Waals surface area contributed by atoms with Crippen molar-refractivity contribution in [3.8, 4) is 11.3 Å². The third kappa shape index (κ3) is 5.05. The van der Waals surface area contributed by atoms with E-state index in [0.29, 0.717) is 59.5 Å². The van der Waals surface area contributed by atoms with Crippen molar-refractivity contribution < 1.29 is 19.0 Å². The lowest BCUT2D eigenvalue weighted by Gasteiger charge is -2.28. The molecule has 3 aromatic rings. The smallest absolute Gasteiger partial charge is 0.223 e. The van der Waals surface area contributed by atoms with Gasteiger partial charge in [0.25, 0.3) is 0 Å². The molecule has 11 heteroatoms. The molecule has 2 N–H and O–H groups in total. The second kappa shape index (κ2) is 10.5. The number of aliphatic hydroxyl groups is 1. The Balaban J connectivity index is 1.55. The predicted molar refractivity (Wildman–Crippen MR) is 136 cm³/mol. The van der Waals surface area contributed by atoms with E-state index in [2.05, 4.69) is 45.6 Å². The Hall–Kier alpha value is -2.37. The van der Waals surface area contributed by atoms with Crippen molar-refractivity contribution in [1.82, 2.24) is 24.4 Å². The highest BCUT2D eigenvalue weighted by molar-refractivity contribution is 6.33. The second-order valence-corrected chi connectivity index (χ2v) is 10.3. The summed E-state index contributed by atoms with van der Waals surface area (Å²) in [5.41, 5.74) is 1.95. The number of nitrogens with zero attached hydrogens (tertiary/aromatic N) is 5. The van der Waals surface area contributed by atoms with Crippen molar-refractivity contribution in [2.45, 2.75) is 44.4 Å². The fourth-order valence-electron chi connectivity index (χ4n) is 4.96. The first-order valence-corrected chi connectivity index (χ1v) is 12.7. The van der Waals surface area contributed by atoms with Crippen molar-refractivity contribution in [1.29, 1.82) is 0 Å². The summed E-state index contributed by atoms with van der Waals surface area (Å²) in [5, 5.41) is 13.7. The van der Waals surface area contributed by atoms with Gasteiger partial charge in [-0.1, -0.05) is 11.6 Å². The molecule has 194 valence electrons. The number of fused-ring (bicyclic) bond motifs is 1. The van der Waals surface area contributed by atoms with Gasteiger partial charge < -0.3 is 29.4 Å².